The van der Waals surface area contributed by atoms with Gasteiger partial charge >= 0.3 is 0 Å². The highest BCUT2D eigenvalue weighted by molar-refractivity contribution is 8.01. The highest BCUT2D eigenvalue weighted by Crippen LogP contribution is 2.34. The van der Waals surface area contributed by atoms with Gasteiger partial charge in [-0.1, -0.05) is 31.4 Å². The normalized spacial score (nSPS) is 23.6. The highest BCUT2D eigenvalue weighted by Gasteiger charge is 2.24. The summed E-state index contributed by atoms with van der Waals surface area (Å²) in [6, 6.07) is 5.17. The molecule has 0 radical (unpaired) electrons. The minimum Gasteiger partial charge on any atom is -0.397 e. The minimum atomic E-state index is -0.0581. The van der Waals surface area contributed by atoms with Gasteiger partial charge in [-0.15, -0.1) is 11.8 Å². The highest BCUT2D eigenvalue weighted by atomic mass is 35.5. The average molecular weight is 327 g/mol. The fourth-order valence-corrected chi connectivity index (χ4v) is 4.34. The second kappa shape index (κ2) is 7.41. The lowest BCUT2D eigenvalue weighted by atomic mass is 9.91. The number of nitrogens with two attached hydrogens (primary N) is 1. The lowest BCUT2D eigenvalue weighted by Crippen LogP contribution is -2.26. The smallest absolute Gasteiger partial charge is 0.237 e. The topological polar surface area (TPSA) is 55.1 Å². The number of anilines is 2. The maximum Gasteiger partial charge on any atom is 0.237 e. The van der Waals surface area contributed by atoms with Crippen LogP contribution in [0.2, 0.25) is 5.02 Å². The van der Waals surface area contributed by atoms with Crippen LogP contribution in [0.5, 0.6) is 0 Å². The van der Waals surface area contributed by atoms with Gasteiger partial charge in [0, 0.05) is 10.9 Å². The predicted octanol–water partition coefficient (Wildman–Crippen LogP) is 4.56. The Hall–Kier alpha value is -0.870. The quantitative estimate of drug-likeness (QED) is 0.797. The van der Waals surface area contributed by atoms with Crippen molar-refractivity contribution in [1.82, 2.24) is 0 Å². The Labute approximate surface area is 136 Å². The van der Waals surface area contributed by atoms with Crippen molar-refractivity contribution in [2.45, 2.75) is 50.0 Å². The van der Waals surface area contributed by atoms with Crippen molar-refractivity contribution in [3.05, 3.63) is 23.2 Å². The Balaban J connectivity index is 1.88. The van der Waals surface area contributed by atoms with Crippen molar-refractivity contribution in [1.29, 1.82) is 0 Å². The van der Waals surface area contributed by atoms with Crippen LogP contribution in [-0.4, -0.2) is 16.4 Å². The molecule has 2 rings (SSSR count). The van der Waals surface area contributed by atoms with E-state index < -0.39 is 0 Å². The van der Waals surface area contributed by atoms with Crippen LogP contribution in [0.1, 0.15) is 39.5 Å². The lowest BCUT2D eigenvalue weighted by Gasteiger charge is -2.28. The van der Waals surface area contributed by atoms with Crippen molar-refractivity contribution < 1.29 is 4.79 Å². The molecule has 116 valence electrons. The first-order valence-corrected chi connectivity index (χ1v) is 8.79. The van der Waals surface area contributed by atoms with Gasteiger partial charge in [-0.3, -0.25) is 4.79 Å². The first kappa shape index (κ1) is 16.5. The molecule has 0 aliphatic heterocycles. The number of hydrogen-bond acceptors (Lipinski definition) is 3. The fraction of sp³-hybridized carbons (Fsp3) is 0.562. The van der Waals surface area contributed by atoms with Crippen LogP contribution >= 0.6 is 23.4 Å². The monoisotopic (exact) mass is 326 g/mol. The summed E-state index contributed by atoms with van der Waals surface area (Å²) in [5, 5.41) is 3.96. The van der Waals surface area contributed by atoms with E-state index in [0.717, 1.165) is 5.92 Å². The molecule has 3 unspecified atom stereocenters. The predicted molar refractivity (Wildman–Crippen MR) is 93.0 cm³/mol. The van der Waals surface area contributed by atoms with Gasteiger partial charge in [0.15, 0.2) is 0 Å². The number of thioether (sulfide) groups is 1. The maximum absolute atomic E-state index is 12.3. The van der Waals surface area contributed by atoms with Gasteiger partial charge in [0.25, 0.3) is 0 Å². The number of carbonyl (C=O) groups excluding carboxylic acids is 1. The standard InChI is InChI=1S/C16H23ClN2OS/c1-10-4-3-5-13(8-10)21-11(2)16(20)19-12-6-7-14(17)15(18)9-12/h6-7,9-11,13H,3-5,8,18H2,1-2H3,(H,19,20). The zero-order valence-electron chi connectivity index (χ0n) is 12.6. The van der Waals surface area contributed by atoms with Crippen LogP contribution < -0.4 is 11.1 Å². The number of benzene rings is 1. The van der Waals surface area contributed by atoms with Crippen LogP contribution in [0.3, 0.4) is 0 Å². The second-order valence-corrected chi connectivity index (χ2v) is 7.95. The largest absolute Gasteiger partial charge is 0.397 e. The molecular formula is C16H23ClN2OS. The van der Waals surface area contributed by atoms with Gasteiger partial charge in [0.2, 0.25) is 5.91 Å². The molecule has 1 aromatic carbocycles. The molecule has 1 amide bonds. The number of nitrogen functional groups attached to an aromatic ring is 1. The Morgan fingerprint density at radius 2 is 2.24 bits per heavy atom. The van der Waals surface area contributed by atoms with Crippen molar-refractivity contribution >= 4 is 40.6 Å². The molecule has 1 fully saturated rings. The Morgan fingerprint density at radius 1 is 1.48 bits per heavy atom. The number of nitrogens with one attached hydrogen (secondary N) is 1. The molecule has 3 atom stereocenters. The van der Waals surface area contributed by atoms with Crippen molar-refractivity contribution in [2.75, 3.05) is 11.1 Å². The van der Waals surface area contributed by atoms with E-state index in [2.05, 4.69) is 12.2 Å². The SMILES string of the molecule is CC1CCCC(SC(C)C(=O)Nc2ccc(Cl)c(N)c2)C1. The van der Waals surface area contributed by atoms with Crippen LogP contribution in [0.4, 0.5) is 11.4 Å². The number of carbonyl (C=O) groups is 1. The van der Waals surface area contributed by atoms with E-state index in [1.807, 2.05) is 6.92 Å². The molecule has 1 aliphatic carbocycles. The third-order valence-corrected chi connectivity index (χ3v) is 5.70. The summed E-state index contributed by atoms with van der Waals surface area (Å²) in [7, 11) is 0. The van der Waals surface area contributed by atoms with Crippen molar-refractivity contribution in [3.63, 3.8) is 0 Å². The van der Waals surface area contributed by atoms with Gasteiger partial charge < -0.3 is 11.1 Å². The Bertz CT molecular complexity index is 509. The number of halogens is 1. The summed E-state index contributed by atoms with van der Waals surface area (Å²) in [6.07, 6.45) is 5.04. The molecule has 1 aromatic rings. The number of hydrogen-bond donors (Lipinski definition) is 2. The fourth-order valence-electron chi connectivity index (χ4n) is 2.72. The third kappa shape index (κ3) is 4.82. The summed E-state index contributed by atoms with van der Waals surface area (Å²) in [6.45, 7) is 4.27. The maximum atomic E-state index is 12.3. The number of rotatable bonds is 4. The zero-order valence-corrected chi connectivity index (χ0v) is 14.1. The lowest BCUT2D eigenvalue weighted by molar-refractivity contribution is -0.115. The summed E-state index contributed by atoms with van der Waals surface area (Å²) >= 11 is 7.67. The first-order valence-electron chi connectivity index (χ1n) is 7.47. The van der Waals surface area contributed by atoms with Gasteiger partial charge in [-0.2, -0.15) is 0 Å². The molecule has 0 aromatic heterocycles. The molecule has 3 nitrogen and oxygen atoms in total. The first-order chi connectivity index (χ1) is 9.95. The van der Waals surface area contributed by atoms with Gasteiger partial charge in [0.1, 0.15) is 0 Å². The minimum absolute atomic E-state index is 0.0277. The molecule has 1 saturated carbocycles. The van der Waals surface area contributed by atoms with Crippen molar-refractivity contribution in [3.8, 4) is 0 Å². The molecule has 21 heavy (non-hydrogen) atoms. The Morgan fingerprint density at radius 3 is 2.90 bits per heavy atom. The second-order valence-electron chi connectivity index (χ2n) is 5.90. The Kier molecular flexibility index (Phi) is 5.82. The van der Waals surface area contributed by atoms with E-state index in [0.29, 0.717) is 21.6 Å². The molecule has 3 N–H and O–H groups in total. The van der Waals surface area contributed by atoms with Crippen LogP contribution in [0, 0.1) is 5.92 Å². The zero-order chi connectivity index (χ0) is 15.4. The van der Waals surface area contributed by atoms with Crippen LogP contribution in [0.25, 0.3) is 0 Å². The molecule has 5 heteroatoms. The molecule has 1 aliphatic rings. The number of amides is 1. The van der Waals surface area contributed by atoms with Crippen LogP contribution in [0.15, 0.2) is 18.2 Å². The van der Waals surface area contributed by atoms with E-state index in [1.54, 1.807) is 30.0 Å². The van der Waals surface area contributed by atoms with Crippen LogP contribution in [-0.2, 0) is 4.79 Å². The molecule has 0 bridgehead atoms. The third-order valence-electron chi connectivity index (χ3n) is 3.92. The van der Waals surface area contributed by atoms with Gasteiger partial charge in [-0.25, -0.2) is 0 Å². The summed E-state index contributed by atoms with van der Waals surface area (Å²) < 4.78 is 0. The molecule has 0 saturated heterocycles. The van der Waals surface area contributed by atoms with E-state index in [-0.39, 0.29) is 11.2 Å². The van der Waals surface area contributed by atoms with Gasteiger partial charge in [0.05, 0.1) is 16.0 Å². The summed E-state index contributed by atoms with van der Waals surface area (Å²) in [5.74, 6) is 0.808. The van der Waals surface area contributed by atoms with E-state index in [1.165, 1.54) is 25.7 Å². The van der Waals surface area contributed by atoms with Crippen molar-refractivity contribution in [2.24, 2.45) is 5.92 Å². The molecule has 0 heterocycles. The van der Waals surface area contributed by atoms with E-state index in [4.69, 9.17) is 17.3 Å². The average Bonchev–Trinajstić information content (AvgIpc) is 2.43. The van der Waals surface area contributed by atoms with E-state index >= 15 is 0 Å². The molecule has 0 spiro atoms. The van der Waals surface area contributed by atoms with Gasteiger partial charge in [-0.05, 0) is 43.9 Å². The summed E-state index contributed by atoms with van der Waals surface area (Å²) in [5.41, 5.74) is 6.93. The van der Waals surface area contributed by atoms with E-state index in [9.17, 15) is 4.79 Å². The summed E-state index contributed by atoms with van der Waals surface area (Å²) in [4.78, 5) is 12.3. The molecular weight excluding hydrogens is 304 g/mol.